The van der Waals surface area contributed by atoms with E-state index in [0.29, 0.717) is 12.8 Å². The number of rotatable bonds is 17. The van der Waals surface area contributed by atoms with Crippen LogP contribution >= 0.6 is 22.6 Å². The number of aliphatic hydroxyl groups is 1. The topological polar surface area (TPSA) is 127 Å². The molecule has 12 heteroatoms. The first kappa shape index (κ1) is 38.1. The van der Waals surface area contributed by atoms with E-state index in [9.17, 15) is 14.7 Å². The number of carbonyl (C=O) groups is 3. The fourth-order valence-electron chi connectivity index (χ4n) is 8.50. The molecule has 51 heavy (non-hydrogen) atoms. The lowest BCUT2D eigenvalue weighted by Gasteiger charge is -2.50. The monoisotopic (exact) mass is 817 g/mol. The van der Waals surface area contributed by atoms with Crippen LogP contribution in [0, 0.1) is 8.99 Å². The molecule has 2 amide bonds. The molecule has 3 aliphatic heterocycles. The summed E-state index contributed by atoms with van der Waals surface area (Å²) < 4.78 is 21.2. The summed E-state index contributed by atoms with van der Waals surface area (Å²) in [5, 5.41) is 13.9. The van der Waals surface area contributed by atoms with Crippen molar-refractivity contribution in [2.24, 2.45) is 5.41 Å². The fraction of sp³-hybridized carbons (Fsp3) is 0.615. The van der Waals surface area contributed by atoms with Crippen LogP contribution in [0.1, 0.15) is 82.8 Å². The van der Waals surface area contributed by atoms with Gasteiger partial charge < -0.3 is 29.5 Å². The molecule has 2 bridgehead atoms. The smallest absolute Gasteiger partial charge is 0.327 e. The quantitative estimate of drug-likeness (QED) is 0.130. The van der Waals surface area contributed by atoms with Gasteiger partial charge in [-0.05, 0) is 58.7 Å². The van der Waals surface area contributed by atoms with Gasteiger partial charge in [0.15, 0.2) is 11.8 Å². The van der Waals surface area contributed by atoms with Gasteiger partial charge in [0.05, 0.1) is 13.2 Å². The second kappa shape index (κ2) is 16.6. The summed E-state index contributed by atoms with van der Waals surface area (Å²) >= 11 is 2.25. The molecule has 4 fully saturated rings. The lowest BCUT2D eigenvalue weighted by Crippen LogP contribution is -2.70. The summed E-state index contributed by atoms with van der Waals surface area (Å²) in [7, 11) is 1.62. The number of halogens is 1. The molecule has 0 aromatic heterocycles. The lowest BCUT2D eigenvalue weighted by molar-refractivity contribution is -0.225. The van der Waals surface area contributed by atoms with Crippen LogP contribution in [0.15, 0.2) is 54.6 Å². The van der Waals surface area contributed by atoms with E-state index in [1.165, 1.54) is 4.90 Å². The molecule has 6 rings (SSSR count). The van der Waals surface area contributed by atoms with Crippen molar-refractivity contribution in [2.75, 3.05) is 20.2 Å². The van der Waals surface area contributed by atoms with Gasteiger partial charge in [0.25, 0.3) is 0 Å². The van der Waals surface area contributed by atoms with Crippen LogP contribution in [-0.4, -0.2) is 95.3 Å². The summed E-state index contributed by atoms with van der Waals surface area (Å²) in [6.45, 7) is 4.40. The third kappa shape index (κ3) is 7.73. The highest BCUT2D eigenvalue weighted by molar-refractivity contribution is 14.1. The number of ether oxygens (including phenoxy) is 3. The Morgan fingerprint density at radius 1 is 1.00 bits per heavy atom. The minimum atomic E-state index is -1.41. The van der Waals surface area contributed by atoms with Crippen molar-refractivity contribution in [3.05, 3.63) is 69.3 Å². The van der Waals surface area contributed by atoms with E-state index in [0.717, 1.165) is 53.2 Å². The summed E-state index contributed by atoms with van der Waals surface area (Å²) in [6.07, 6.45) is 5.02. The Bertz CT molecular complexity index is 1520. The number of unbranched alkanes of at least 4 members (excludes halogenated alkanes) is 4. The zero-order chi connectivity index (χ0) is 36.2. The SMILES string of the molecule is CCCCCC1(CCCCC)O[C@@H]2[C@H]3ON(Cc4cccc(I)c4)[C@H]4C(=O)OC(CC34C(=O)N(C)[C@H](Cc3ccccc3)C(=O)NCCO)[C@@H]2O1. The standard InChI is InChI=1S/C39H52IN3O8/c1-4-6-11-18-38(19-12-7-5-2)49-31-30-24-39(37(47)42(3)29(35(45)41-20-21-44)23-26-14-9-8-10-15-26)33(36(46)48-30)43(51-34(39)32(31)50-38)25-27-16-13-17-28(40)22-27/h8-10,13-17,22,29-34,44H,4-7,11-12,18-21,23-25H2,1-3H3,(H,41,45)/t29-,30?,31+,32+,33+,34-,39?/m1/s1. The molecule has 4 aliphatic rings. The summed E-state index contributed by atoms with van der Waals surface area (Å²) in [4.78, 5) is 51.6. The number of nitrogens with one attached hydrogen (secondary N) is 1. The molecule has 1 saturated carbocycles. The predicted molar refractivity (Wildman–Crippen MR) is 198 cm³/mol. The minimum Gasteiger partial charge on any atom is -0.458 e. The van der Waals surface area contributed by atoms with E-state index in [1.807, 2.05) is 54.6 Å². The highest BCUT2D eigenvalue weighted by atomic mass is 127. The number of aliphatic hydroxyl groups excluding tert-OH is 1. The lowest BCUT2D eigenvalue weighted by atomic mass is 9.62. The molecule has 2 aromatic carbocycles. The molecule has 3 saturated heterocycles. The highest BCUT2D eigenvalue weighted by Crippen LogP contribution is 2.58. The van der Waals surface area contributed by atoms with Crippen LogP contribution in [0.2, 0.25) is 0 Å². The Morgan fingerprint density at radius 2 is 1.69 bits per heavy atom. The second-order valence-corrected chi connectivity index (χ2v) is 15.7. The average Bonchev–Trinajstić information content (AvgIpc) is 3.68. The van der Waals surface area contributed by atoms with Gasteiger partial charge in [-0.25, -0.2) is 0 Å². The number of fused-ring (bicyclic) bond motifs is 4. The van der Waals surface area contributed by atoms with Gasteiger partial charge in [0.1, 0.15) is 35.9 Å². The maximum absolute atomic E-state index is 15.4. The summed E-state index contributed by atoms with van der Waals surface area (Å²) in [6, 6.07) is 15.5. The van der Waals surface area contributed by atoms with Crippen molar-refractivity contribution < 1.29 is 38.5 Å². The third-order valence-corrected chi connectivity index (χ3v) is 11.6. The van der Waals surface area contributed by atoms with Crippen molar-refractivity contribution in [1.29, 1.82) is 0 Å². The van der Waals surface area contributed by atoms with E-state index in [1.54, 1.807) is 12.1 Å². The maximum atomic E-state index is 15.4. The Kier molecular flexibility index (Phi) is 12.4. The molecule has 1 aliphatic carbocycles. The van der Waals surface area contributed by atoms with E-state index in [4.69, 9.17) is 19.0 Å². The molecular weight excluding hydrogens is 765 g/mol. The summed E-state index contributed by atoms with van der Waals surface area (Å²) in [5.41, 5.74) is 0.390. The van der Waals surface area contributed by atoms with E-state index in [2.05, 4.69) is 41.8 Å². The number of benzene rings is 2. The normalized spacial score (nSPS) is 28.2. The van der Waals surface area contributed by atoms with Crippen molar-refractivity contribution in [3.8, 4) is 0 Å². The summed E-state index contributed by atoms with van der Waals surface area (Å²) in [5.74, 6) is -2.18. The Labute approximate surface area is 314 Å². The Morgan fingerprint density at radius 3 is 2.35 bits per heavy atom. The first-order chi connectivity index (χ1) is 24.7. The molecule has 2 aromatic rings. The molecule has 11 nitrogen and oxygen atoms in total. The molecule has 278 valence electrons. The molecule has 0 radical (unpaired) electrons. The number of amides is 2. The number of nitrogens with zero attached hydrogens (tertiary/aromatic N) is 2. The van der Waals surface area contributed by atoms with Crippen molar-refractivity contribution in [3.63, 3.8) is 0 Å². The number of carbonyl (C=O) groups excluding carboxylic acids is 3. The molecule has 2 N–H and O–H groups in total. The van der Waals surface area contributed by atoms with Crippen molar-refractivity contribution in [2.45, 2.75) is 127 Å². The predicted octanol–water partition coefficient (Wildman–Crippen LogP) is 4.91. The van der Waals surface area contributed by atoms with Crippen LogP contribution in [0.5, 0.6) is 0 Å². The average molecular weight is 818 g/mol. The van der Waals surface area contributed by atoms with Gasteiger partial charge in [-0.15, -0.1) is 0 Å². The molecule has 3 heterocycles. The van der Waals surface area contributed by atoms with Crippen LogP contribution in [0.4, 0.5) is 0 Å². The Balaban J connectivity index is 1.40. The molecule has 0 spiro atoms. The van der Waals surface area contributed by atoms with Gasteiger partial charge in [-0.1, -0.05) is 82.0 Å². The highest BCUT2D eigenvalue weighted by Gasteiger charge is 2.76. The number of hydrogen-bond acceptors (Lipinski definition) is 9. The van der Waals surface area contributed by atoms with Gasteiger partial charge in [-0.3, -0.25) is 19.2 Å². The van der Waals surface area contributed by atoms with Gasteiger partial charge >= 0.3 is 5.97 Å². The van der Waals surface area contributed by atoms with Gasteiger partial charge in [0.2, 0.25) is 11.8 Å². The fourth-order valence-corrected chi connectivity index (χ4v) is 9.11. The maximum Gasteiger partial charge on any atom is 0.327 e. The minimum absolute atomic E-state index is 0.0524. The largest absolute Gasteiger partial charge is 0.458 e. The van der Waals surface area contributed by atoms with Crippen LogP contribution in [0.25, 0.3) is 0 Å². The number of hydroxylamine groups is 2. The molecular formula is C39H52IN3O8. The first-order valence-corrected chi connectivity index (χ1v) is 19.7. The molecule has 7 atom stereocenters. The van der Waals surface area contributed by atoms with Crippen LogP contribution in [-0.2, 0) is 46.4 Å². The number of esters is 1. The zero-order valence-electron chi connectivity index (χ0n) is 29.9. The first-order valence-electron chi connectivity index (χ1n) is 18.6. The number of likely N-dealkylation sites (N-methyl/N-ethyl adjacent to an activating group) is 1. The zero-order valence-corrected chi connectivity index (χ0v) is 32.1. The van der Waals surface area contributed by atoms with Crippen molar-refractivity contribution in [1.82, 2.24) is 15.3 Å². The molecule has 2 unspecified atom stereocenters. The van der Waals surface area contributed by atoms with Crippen molar-refractivity contribution >= 4 is 40.4 Å². The van der Waals surface area contributed by atoms with Gasteiger partial charge in [-0.2, -0.15) is 5.06 Å². The van der Waals surface area contributed by atoms with Crippen LogP contribution < -0.4 is 5.32 Å². The van der Waals surface area contributed by atoms with E-state index >= 15 is 4.79 Å². The van der Waals surface area contributed by atoms with Crippen LogP contribution in [0.3, 0.4) is 0 Å². The second-order valence-electron chi connectivity index (χ2n) is 14.5. The van der Waals surface area contributed by atoms with E-state index in [-0.39, 0.29) is 44.4 Å². The number of hydrogen-bond donors (Lipinski definition) is 2. The third-order valence-electron chi connectivity index (χ3n) is 11.0. The van der Waals surface area contributed by atoms with Gasteiger partial charge in [0, 0.05) is 42.8 Å². The van der Waals surface area contributed by atoms with E-state index < -0.39 is 53.7 Å². The Hall–Kier alpha value is -2.62.